The first-order valence-corrected chi connectivity index (χ1v) is 11.0. The van der Waals surface area contributed by atoms with E-state index in [1.54, 1.807) is 54.3 Å². The van der Waals surface area contributed by atoms with Crippen molar-refractivity contribution in [3.05, 3.63) is 53.1 Å². The Labute approximate surface area is 196 Å². The molecule has 0 spiro atoms. The van der Waals surface area contributed by atoms with Gasteiger partial charge in [-0.25, -0.2) is 4.79 Å². The van der Waals surface area contributed by atoms with Gasteiger partial charge in [0.05, 0.1) is 12.7 Å². The van der Waals surface area contributed by atoms with Crippen LogP contribution in [0.2, 0.25) is 5.02 Å². The molecule has 2 fully saturated rings. The van der Waals surface area contributed by atoms with E-state index in [0.29, 0.717) is 29.5 Å². The number of hydrogen-bond donors (Lipinski definition) is 2. The van der Waals surface area contributed by atoms with Crippen LogP contribution < -0.4 is 15.5 Å². The Morgan fingerprint density at radius 1 is 1.09 bits per heavy atom. The zero-order valence-corrected chi connectivity index (χ0v) is 19.1. The number of anilines is 3. The molecule has 1 unspecified atom stereocenters. The molecule has 4 rings (SSSR count). The number of rotatable bonds is 4. The summed E-state index contributed by atoms with van der Waals surface area (Å²) in [7, 11) is 0. The first kappa shape index (κ1) is 23.0. The maximum atomic E-state index is 13.1. The molecule has 2 heterocycles. The minimum atomic E-state index is -0.807. The van der Waals surface area contributed by atoms with Crippen LogP contribution in [0.15, 0.2) is 42.5 Å². The minimum absolute atomic E-state index is 0.00418. The van der Waals surface area contributed by atoms with Crippen LogP contribution >= 0.6 is 11.6 Å². The number of hydrogen-bond acceptors (Lipinski definition) is 5. The third-order valence-corrected chi connectivity index (χ3v) is 5.87. The van der Waals surface area contributed by atoms with Crippen LogP contribution in [0.3, 0.4) is 0 Å². The number of ether oxygens (including phenoxy) is 2. The Morgan fingerprint density at radius 2 is 1.82 bits per heavy atom. The summed E-state index contributed by atoms with van der Waals surface area (Å²) in [4.78, 5) is 41.0. The van der Waals surface area contributed by atoms with E-state index in [9.17, 15) is 14.4 Å². The summed E-state index contributed by atoms with van der Waals surface area (Å²) in [5.41, 5.74) is 2.75. The number of nitrogens with one attached hydrogen (secondary N) is 2. The highest BCUT2D eigenvalue weighted by Gasteiger charge is 2.40. The number of urea groups is 1. The van der Waals surface area contributed by atoms with Crippen LogP contribution in [0, 0.1) is 6.92 Å². The molecule has 9 nitrogen and oxygen atoms in total. The normalized spacial score (nSPS) is 20.6. The van der Waals surface area contributed by atoms with Gasteiger partial charge in [0.25, 0.3) is 5.91 Å². The molecular weight excluding hydrogens is 448 g/mol. The van der Waals surface area contributed by atoms with Gasteiger partial charge in [-0.3, -0.25) is 14.5 Å². The van der Waals surface area contributed by atoms with Crippen LogP contribution in [-0.2, 0) is 19.1 Å². The van der Waals surface area contributed by atoms with Gasteiger partial charge in [0.15, 0.2) is 0 Å². The molecule has 33 heavy (non-hydrogen) atoms. The fourth-order valence-corrected chi connectivity index (χ4v) is 4.04. The van der Waals surface area contributed by atoms with E-state index in [1.165, 1.54) is 4.90 Å². The molecule has 2 N–H and O–H groups in total. The van der Waals surface area contributed by atoms with Crippen LogP contribution in [0.4, 0.5) is 21.9 Å². The van der Waals surface area contributed by atoms with E-state index in [1.807, 2.05) is 6.92 Å². The predicted octanol–water partition coefficient (Wildman–Crippen LogP) is 3.23. The zero-order chi connectivity index (χ0) is 23.5. The number of carbonyl (C=O) groups excluding carboxylic acids is 3. The average Bonchev–Trinajstić information content (AvgIpc) is 3.18. The number of amides is 4. The van der Waals surface area contributed by atoms with Gasteiger partial charge in [-0.1, -0.05) is 11.6 Å². The fourth-order valence-electron chi connectivity index (χ4n) is 3.92. The van der Waals surface area contributed by atoms with Gasteiger partial charge >= 0.3 is 6.03 Å². The molecular formula is C23H25ClN4O5. The van der Waals surface area contributed by atoms with Crippen molar-refractivity contribution in [3.8, 4) is 0 Å². The molecule has 2 saturated heterocycles. The topological polar surface area (TPSA) is 100 Å². The predicted molar refractivity (Wildman–Crippen MR) is 124 cm³/mol. The van der Waals surface area contributed by atoms with Gasteiger partial charge in [0.2, 0.25) is 5.91 Å². The van der Waals surface area contributed by atoms with Gasteiger partial charge in [0.1, 0.15) is 19.4 Å². The molecule has 4 amide bonds. The lowest BCUT2D eigenvalue weighted by atomic mass is 10.1. The number of carbonyl (C=O) groups is 3. The van der Waals surface area contributed by atoms with Gasteiger partial charge in [-0.2, -0.15) is 0 Å². The van der Waals surface area contributed by atoms with Crippen LogP contribution in [0.5, 0.6) is 0 Å². The van der Waals surface area contributed by atoms with Crippen molar-refractivity contribution in [1.82, 2.24) is 4.90 Å². The number of benzene rings is 2. The van der Waals surface area contributed by atoms with Gasteiger partial charge in [0, 0.05) is 28.6 Å². The standard InChI is InChI=1S/C23H25ClN4O5/c1-14-11-18(7-8-19(14)27-9-10-32-12-20(27)29)25-22(30)21-15(2)33-13-28(21)23(31)26-17-5-3-16(24)4-6-17/h3-8,11,15,21H,9-10,12-13H2,1-2H3,(H,25,30)(H,26,31)/t15?,21-/m1/s1. The molecule has 0 radical (unpaired) electrons. The van der Waals surface area contributed by atoms with Gasteiger partial charge in [-0.15, -0.1) is 0 Å². The Bertz CT molecular complexity index is 1060. The van der Waals surface area contributed by atoms with Crippen LogP contribution in [0.1, 0.15) is 12.5 Å². The highest BCUT2D eigenvalue weighted by molar-refractivity contribution is 6.30. The van der Waals surface area contributed by atoms with E-state index < -0.39 is 18.2 Å². The summed E-state index contributed by atoms with van der Waals surface area (Å²) >= 11 is 5.89. The average molecular weight is 473 g/mol. The summed E-state index contributed by atoms with van der Waals surface area (Å²) in [5.74, 6) is -0.457. The molecule has 2 aromatic rings. The number of halogens is 1. The lowest BCUT2D eigenvalue weighted by molar-refractivity contribution is -0.125. The van der Waals surface area contributed by atoms with Crippen molar-refractivity contribution < 1.29 is 23.9 Å². The van der Waals surface area contributed by atoms with E-state index in [4.69, 9.17) is 21.1 Å². The van der Waals surface area contributed by atoms with Crippen molar-refractivity contribution in [2.45, 2.75) is 26.0 Å². The quantitative estimate of drug-likeness (QED) is 0.711. The summed E-state index contributed by atoms with van der Waals surface area (Å²) in [5, 5.41) is 6.18. The molecule has 0 saturated carbocycles. The van der Waals surface area contributed by atoms with Crippen molar-refractivity contribution in [2.24, 2.45) is 0 Å². The summed E-state index contributed by atoms with van der Waals surface area (Å²) in [6.07, 6.45) is -0.479. The lowest BCUT2D eigenvalue weighted by Gasteiger charge is -2.28. The Kier molecular flexibility index (Phi) is 6.83. The van der Waals surface area contributed by atoms with Crippen molar-refractivity contribution in [3.63, 3.8) is 0 Å². The third-order valence-electron chi connectivity index (χ3n) is 5.62. The van der Waals surface area contributed by atoms with Crippen molar-refractivity contribution in [1.29, 1.82) is 0 Å². The molecule has 174 valence electrons. The fraction of sp³-hybridized carbons (Fsp3) is 0.348. The van der Waals surface area contributed by atoms with Crippen molar-refractivity contribution >= 4 is 46.5 Å². The summed E-state index contributed by atoms with van der Waals surface area (Å²) in [6.45, 7) is 4.65. The smallest absolute Gasteiger partial charge is 0.324 e. The second-order valence-corrected chi connectivity index (χ2v) is 8.38. The molecule has 0 aliphatic carbocycles. The Morgan fingerprint density at radius 3 is 2.52 bits per heavy atom. The Hall–Kier alpha value is -3.14. The van der Waals surface area contributed by atoms with E-state index in [-0.39, 0.29) is 25.2 Å². The van der Waals surface area contributed by atoms with Gasteiger partial charge < -0.3 is 25.0 Å². The molecule has 0 bridgehead atoms. The largest absolute Gasteiger partial charge is 0.370 e. The Balaban J connectivity index is 1.44. The first-order chi connectivity index (χ1) is 15.8. The second kappa shape index (κ2) is 9.78. The van der Waals surface area contributed by atoms with E-state index in [0.717, 1.165) is 11.3 Å². The van der Waals surface area contributed by atoms with Crippen molar-refractivity contribution in [2.75, 3.05) is 42.0 Å². The highest BCUT2D eigenvalue weighted by Crippen LogP contribution is 2.26. The maximum absolute atomic E-state index is 13.1. The molecule has 2 aromatic carbocycles. The zero-order valence-electron chi connectivity index (χ0n) is 18.3. The first-order valence-electron chi connectivity index (χ1n) is 10.6. The lowest BCUT2D eigenvalue weighted by Crippen LogP contribution is -2.48. The minimum Gasteiger partial charge on any atom is -0.370 e. The van der Waals surface area contributed by atoms with E-state index in [2.05, 4.69) is 10.6 Å². The third kappa shape index (κ3) is 5.11. The molecule has 2 aliphatic heterocycles. The summed E-state index contributed by atoms with van der Waals surface area (Å²) < 4.78 is 10.8. The summed E-state index contributed by atoms with van der Waals surface area (Å²) in [6, 6.07) is 10.8. The molecule has 2 aliphatic rings. The van der Waals surface area contributed by atoms with Gasteiger partial charge in [-0.05, 0) is 61.9 Å². The molecule has 2 atom stereocenters. The molecule has 0 aromatic heterocycles. The van der Waals surface area contributed by atoms with E-state index >= 15 is 0 Å². The highest BCUT2D eigenvalue weighted by atomic mass is 35.5. The number of morpholine rings is 1. The van der Waals surface area contributed by atoms with Crippen LogP contribution in [0.25, 0.3) is 0 Å². The second-order valence-electron chi connectivity index (χ2n) is 7.94. The molecule has 10 heteroatoms. The number of nitrogens with zero attached hydrogens (tertiary/aromatic N) is 2. The van der Waals surface area contributed by atoms with Crippen LogP contribution in [-0.4, -0.2) is 61.4 Å². The SMILES string of the molecule is Cc1cc(NC(=O)[C@H]2C(C)OCN2C(=O)Nc2ccc(Cl)cc2)ccc1N1CCOCC1=O. The monoisotopic (exact) mass is 472 g/mol. The number of aryl methyl sites for hydroxylation is 1. The maximum Gasteiger partial charge on any atom is 0.324 e.